The second kappa shape index (κ2) is 5.23. The molecule has 2 rings (SSSR count). The van der Waals surface area contributed by atoms with E-state index in [9.17, 15) is 14.6 Å². The molecule has 0 bridgehead atoms. The standard InChI is InChI=1S/C12H15BrFNO2/c13-11-8(5-7-1-3-15-4-2-7)12(17)10(16)6-9(11)14/h6-7,15-17H,1-5H2. The number of halogens is 2. The van der Waals surface area contributed by atoms with E-state index in [4.69, 9.17) is 0 Å². The van der Waals surface area contributed by atoms with Crippen molar-refractivity contribution in [3.05, 3.63) is 21.9 Å². The van der Waals surface area contributed by atoms with Gasteiger partial charge in [0, 0.05) is 11.6 Å². The number of hydrogen-bond acceptors (Lipinski definition) is 3. The third-order valence-electron chi connectivity index (χ3n) is 3.22. The zero-order valence-electron chi connectivity index (χ0n) is 9.34. The molecule has 0 radical (unpaired) electrons. The molecule has 1 saturated heterocycles. The van der Waals surface area contributed by atoms with E-state index in [1.807, 2.05) is 0 Å². The summed E-state index contributed by atoms with van der Waals surface area (Å²) in [4.78, 5) is 0. The molecule has 1 aromatic carbocycles. The summed E-state index contributed by atoms with van der Waals surface area (Å²) in [5, 5.41) is 22.4. The molecule has 17 heavy (non-hydrogen) atoms. The fourth-order valence-corrected chi connectivity index (χ4v) is 2.68. The van der Waals surface area contributed by atoms with Crippen molar-refractivity contribution >= 4 is 15.9 Å². The third kappa shape index (κ3) is 2.72. The van der Waals surface area contributed by atoms with E-state index >= 15 is 0 Å². The second-order valence-corrected chi connectivity index (χ2v) is 5.21. The Morgan fingerprint density at radius 1 is 1.35 bits per heavy atom. The minimum absolute atomic E-state index is 0.211. The Kier molecular flexibility index (Phi) is 3.89. The molecule has 3 nitrogen and oxygen atoms in total. The van der Waals surface area contributed by atoms with Crippen molar-refractivity contribution in [2.45, 2.75) is 19.3 Å². The van der Waals surface area contributed by atoms with Crippen LogP contribution in [0.15, 0.2) is 10.5 Å². The molecule has 3 N–H and O–H groups in total. The normalized spacial score (nSPS) is 17.3. The van der Waals surface area contributed by atoms with E-state index in [2.05, 4.69) is 21.2 Å². The maximum Gasteiger partial charge on any atom is 0.162 e. The van der Waals surface area contributed by atoms with Crippen molar-refractivity contribution in [3.63, 3.8) is 0 Å². The highest BCUT2D eigenvalue weighted by Gasteiger charge is 2.21. The molecule has 0 spiro atoms. The van der Waals surface area contributed by atoms with E-state index in [0.717, 1.165) is 32.0 Å². The quantitative estimate of drug-likeness (QED) is 0.736. The average Bonchev–Trinajstić information content (AvgIpc) is 2.33. The maximum absolute atomic E-state index is 13.4. The molecule has 1 heterocycles. The fraction of sp³-hybridized carbons (Fsp3) is 0.500. The highest BCUT2D eigenvalue weighted by molar-refractivity contribution is 9.10. The van der Waals surface area contributed by atoms with Crippen LogP contribution in [-0.2, 0) is 6.42 Å². The molecule has 0 aromatic heterocycles. The Bertz CT molecular complexity index is 393. The van der Waals surface area contributed by atoms with E-state index in [1.165, 1.54) is 0 Å². The summed E-state index contributed by atoms with van der Waals surface area (Å²) in [5.41, 5.74) is 0.467. The fourth-order valence-electron chi connectivity index (χ4n) is 2.22. The van der Waals surface area contributed by atoms with Gasteiger partial charge in [0.2, 0.25) is 0 Å². The first-order valence-corrected chi connectivity index (χ1v) is 6.48. The van der Waals surface area contributed by atoms with Gasteiger partial charge in [-0.15, -0.1) is 0 Å². The van der Waals surface area contributed by atoms with Gasteiger partial charge in [-0.05, 0) is 54.2 Å². The minimum atomic E-state index is -0.538. The van der Waals surface area contributed by atoms with Crippen molar-refractivity contribution in [1.29, 1.82) is 0 Å². The number of phenolic OH excluding ortho intramolecular Hbond substituents is 2. The highest BCUT2D eigenvalue weighted by atomic mass is 79.9. The monoisotopic (exact) mass is 303 g/mol. The van der Waals surface area contributed by atoms with E-state index in [1.54, 1.807) is 0 Å². The highest BCUT2D eigenvalue weighted by Crippen LogP contribution is 2.38. The molecule has 1 aliphatic heterocycles. The largest absolute Gasteiger partial charge is 0.504 e. The SMILES string of the molecule is Oc1cc(F)c(Br)c(CC2CCNCC2)c1O. The molecule has 0 aliphatic carbocycles. The van der Waals surface area contributed by atoms with Crippen molar-refractivity contribution in [3.8, 4) is 11.5 Å². The summed E-state index contributed by atoms with van der Waals surface area (Å²) in [6.45, 7) is 1.90. The first kappa shape index (κ1) is 12.6. The predicted octanol–water partition coefficient (Wildman–Crippen LogP) is 2.54. The zero-order valence-corrected chi connectivity index (χ0v) is 10.9. The second-order valence-electron chi connectivity index (χ2n) is 4.42. The molecule has 0 unspecified atom stereocenters. The molecule has 1 fully saturated rings. The van der Waals surface area contributed by atoms with Crippen LogP contribution >= 0.6 is 15.9 Å². The van der Waals surface area contributed by atoms with Gasteiger partial charge in [-0.2, -0.15) is 0 Å². The third-order valence-corrected chi connectivity index (χ3v) is 4.08. The van der Waals surface area contributed by atoms with Gasteiger partial charge in [-0.1, -0.05) is 0 Å². The van der Waals surface area contributed by atoms with Crippen molar-refractivity contribution in [1.82, 2.24) is 5.32 Å². The molecule has 0 saturated carbocycles. The minimum Gasteiger partial charge on any atom is -0.504 e. The Labute approximate surface area is 108 Å². The summed E-state index contributed by atoms with van der Waals surface area (Å²) < 4.78 is 13.7. The molecule has 1 aromatic rings. The van der Waals surface area contributed by atoms with Gasteiger partial charge >= 0.3 is 0 Å². The summed E-state index contributed by atoms with van der Waals surface area (Å²) in [5.74, 6) is -0.727. The maximum atomic E-state index is 13.4. The van der Waals surface area contributed by atoms with Gasteiger partial charge in [-0.3, -0.25) is 0 Å². The number of phenols is 2. The Balaban J connectivity index is 2.24. The molecule has 94 valence electrons. The van der Waals surface area contributed by atoms with Crippen LogP contribution in [0.3, 0.4) is 0 Å². The lowest BCUT2D eigenvalue weighted by Gasteiger charge is -2.23. The number of benzene rings is 1. The van der Waals surface area contributed by atoms with Gasteiger partial charge in [-0.25, -0.2) is 4.39 Å². The van der Waals surface area contributed by atoms with Gasteiger partial charge < -0.3 is 15.5 Å². The van der Waals surface area contributed by atoms with Crippen LogP contribution in [0.25, 0.3) is 0 Å². The van der Waals surface area contributed by atoms with Gasteiger partial charge in [0.1, 0.15) is 5.82 Å². The Morgan fingerprint density at radius 3 is 2.65 bits per heavy atom. The summed E-state index contributed by atoms with van der Waals surface area (Å²) in [6, 6.07) is 0.922. The average molecular weight is 304 g/mol. The van der Waals surface area contributed by atoms with Gasteiger partial charge in [0.25, 0.3) is 0 Å². The first-order chi connectivity index (χ1) is 8.09. The molecular formula is C12H15BrFNO2. The lowest BCUT2D eigenvalue weighted by molar-refractivity contribution is 0.356. The number of nitrogens with one attached hydrogen (secondary N) is 1. The summed E-state index contributed by atoms with van der Waals surface area (Å²) in [6.07, 6.45) is 2.59. The first-order valence-electron chi connectivity index (χ1n) is 5.69. The van der Waals surface area contributed by atoms with E-state index in [0.29, 0.717) is 17.9 Å². The number of piperidine rings is 1. The van der Waals surface area contributed by atoms with Crippen LogP contribution in [0.5, 0.6) is 11.5 Å². The molecule has 1 aliphatic rings. The van der Waals surface area contributed by atoms with Crippen LogP contribution in [0.4, 0.5) is 4.39 Å². The number of hydrogen-bond donors (Lipinski definition) is 3. The van der Waals surface area contributed by atoms with Crippen molar-refractivity contribution < 1.29 is 14.6 Å². The van der Waals surface area contributed by atoms with E-state index in [-0.39, 0.29) is 10.2 Å². The Hall–Kier alpha value is -0.810. The van der Waals surface area contributed by atoms with Crippen LogP contribution in [-0.4, -0.2) is 23.3 Å². The number of rotatable bonds is 2. The van der Waals surface area contributed by atoms with Gasteiger partial charge in [0.05, 0.1) is 4.47 Å². The van der Waals surface area contributed by atoms with E-state index < -0.39 is 11.6 Å². The molecule has 0 amide bonds. The lowest BCUT2D eigenvalue weighted by Crippen LogP contribution is -2.28. The van der Waals surface area contributed by atoms with Crippen LogP contribution in [0.1, 0.15) is 18.4 Å². The summed E-state index contributed by atoms with van der Waals surface area (Å²) in [7, 11) is 0. The lowest BCUT2D eigenvalue weighted by atomic mass is 9.90. The van der Waals surface area contributed by atoms with Crippen molar-refractivity contribution in [2.24, 2.45) is 5.92 Å². The molecule has 0 atom stereocenters. The van der Waals surface area contributed by atoms with Crippen LogP contribution < -0.4 is 5.32 Å². The summed E-state index contributed by atoms with van der Waals surface area (Å²) >= 11 is 3.13. The smallest absolute Gasteiger partial charge is 0.162 e. The predicted molar refractivity (Wildman–Crippen MR) is 66.7 cm³/mol. The molecular weight excluding hydrogens is 289 g/mol. The van der Waals surface area contributed by atoms with Crippen molar-refractivity contribution in [2.75, 3.05) is 13.1 Å². The van der Waals surface area contributed by atoms with Gasteiger partial charge in [0.15, 0.2) is 11.5 Å². The zero-order chi connectivity index (χ0) is 12.4. The van der Waals surface area contributed by atoms with Crippen LogP contribution in [0, 0.1) is 11.7 Å². The topological polar surface area (TPSA) is 52.5 Å². The Morgan fingerprint density at radius 2 is 2.00 bits per heavy atom. The van der Waals surface area contributed by atoms with Crippen LogP contribution in [0.2, 0.25) is 0 Å². The molecule has 5 heteroatoms. The number of aromatic hydroxyl groups is 2.